The summed E-state index contributed by atoms with van der Waals surface area (Å²) in [7, 11) is 0. The lowest BCUT2D eigenvalue weighted by Crippen LogP contribution is -2.22. The van der Waals surface area contributed by atoms with Crippen LogP contribution in [0.4, 0.5) is 17.1 Å². The minimum Gasteiger partial charge on any atom is -0.316 e. The first-order valence-corrected chi connectivity index (χ1v) is 11.1. The lowest BCUT2D eigenvalue weighted by molar-refractivity contribution is -0.384. The molecule has 160 valence electrons. The van der Waals surface area contributed by atoms with Gasteiger partial charge in [0.1, 0.15) is 5.69 Å². The standard InChI is InChI=1S/C22H22N4O4S/c27-25(28)18-12-10-17(11-13-18)21-15-31-22(24(21)14-16-6-2-1-3-7-16)23-19-8-4-5-9-20(19)26(29)30/h4-5,8-13,15-16H,1-3,6-7,14H2. The average Bonchev–Trinajstić information content (AvgIpc) is 3.16. The first-order valence-electron chi connectivity index (χ1n) is 10.2. The SMILES string of the molecule is O=[N+]([O-])c1ccc(-c2csc(=Nc3ccccc3[N+](=O)[O-])n2CC2CCCCC2)cc1. The van der Waals surface area contributed by atoms with Gasteiger partial charge in [0.2, 0.25) is 0 Å². The van der Waals surface area contributed by atoms with Crippen molar-refractivity contribution in [3.05, 3.63) is 78.9 Å². The Labute approximate surface area is 182 Å². The van der Waals surface area contributed by atoms with Gasteiger partial charge in [-0.25, -0.2) is 4.99 Å². The van der Waals surface area contributed by atoms with Crippen LogP contribution in [0.25, 0.3) is 11.3 Å². The quantitative estimate of drug-likeness (QED) is 0.356. The Hall–Kier alpha value is -3.33. The second kappa shape index (κ2) is 9.22. The van der Waals surface area contributed by atoms with Gasteiger partial charge in [-0.1, -0.05) is 31.4 Å². The fraction of sp³-hybridized carbons (Fsp3) is 0.318. The van der Waals surface area contributed by atoms with Gasteiger partial charge in [-0.3, -0.25) is 20.2 Å². The van der Waals surface area contributed by atoms with Crippen LogP contribution in [-0.2, 0) is 6.54 Å². The van der Waals surface area contributed by atoms with Crippen LogP contribution < -0.4 is 4.80 Å². The first kappa shape index (κ1) is 20.9. The summed E-state index contributed by atoms with van der Waals surface area (Å²) in [4.78, 5) is 26.9. The number of nitro groups is 2. The van der Waals surface area contributed by atoms with Gasteiger partial charge in [-0.2, -0.15) is 0 Å². The second-order valence-corrected chi connectivity index (χ2v) is 8.52. The summed E-state index contributed by atoms with van der Waals surface area (Å²) in [6.45, 7) is 0.773. The van der Waals surface area contributed by atoms with Crippen molar-refractivity contribution >= 4 is 28.4 Å². The smallest absolute Gasteiger partial charge is 0.294 e. The molecule has 3 aromatic rings. The zero-order valence-corrected chi connectivity index (χ0v) is 17.7. The van der Waals surface area contributed by atoms with Crippen molar-refractivity contribution in [1.29, 1.82) is 0 Å². The van der Waals surface area contributed by atoms with Crippen molar-refractivity contribution in [2.75, 3.05) is 0 Å². The van der Waals surface area contributed by atoms with E-state index in [4.69, 9.17) is 0 Å². The van der Waals surface area contributed by atoms with E-state index in [1.54, 1.807) is 30.3 Å². The summed E-state index contributed by atoms with van der Waals surface area (Å²) in [5.74, 6) is 0.518. The number of hydrogen-bond donors (Lipinski definition) is 0. The molecule has 31 heavy (non-hydrogen) atoms. The molecule has 0 atom stereocenters. The van der Waals surface area contributed by atoms with Crippen molar-refractivity contribution in [3.8, 4) is 11.3 Å². The van der Waals surface area contributed by atoms with Crippen molar-refractivity contribution in [1.82, 2.24) is 4.57 Å². The van der Waals surface area contributed by atoms with E-state index in [0.717, 1.165) is 30.6 Å². The molecule has 0 N–H and O–H groups in total. The highest BCUT2D eigenvalue weighted by Crippen LogP contribution is 2.30. The van der Waals surface area contributed by atoms with E-state index in [9.17, 15) is 20.2 Å². The number of nitro benzene ring substituents is 2. The number of para-hydroxylation sites is 2. The second-order valence-electron chi connectivity index (χ2n) is 7.68. The molecule has 0 radical (unpaired) electrons. The first-order chi connectivity index (χ1) is 15.0. The van der Waals surface area contributed by atoms with Gasteiger partial charge in [0.25, 0.3) is 11.4 Å². The predicted octanol–water partition coefficient (Wildman–Crippen LogP) is 5.85. The zero-order valence-electron chi connectivity index (χ0n) is 16.8. The van der Waals surface area contributed by atoms with E-state index in [2.05, 4.69) is 9.56 Å². The molecule has 0 bridgehead atoms. The zero-order chi connectivity index (χ0) is 21.8. The maximum Gasteiger partial charge on any atom is 0.294 e. The Morgan fingerprint density at radius 1 is 0.968 bits per heavy atom. The van der Waals surface area contributed by atoms with Crippen molar-refractivity contribution < 1.29 is 9.85 Å². The van der Waals surface area contributed by atoms with E-state index in [1.165, 1.54) is 48.8 Å². The molecule has 8 nitrogen and oxygen atoms in total. The third kappa shape index (κ3) is 4.72. The molecule has 0 saturated heterocycles. The highest BCUT2D eigenvalue weighted by atomic mass is 32.1. The maximum atomic E-state index is 11.4. The minimum atomic E-state index is -0.421. The summed E-state index contributed by atoms with van der Waals surface area (Å²) in [6.07, 6.45) is 5.96. The van der Waals surface area contributed by atoms with Crippen LogP contribution in [0, 0.1) is 26.1 Å². The van der Waals surface area contributed by atoms with Gasteiger partial charge in [0, 0.05) is 30.1 Å². The van der Waals surface area contributed by atoms with Crippen LogP contribution in [-0.4, -0.2) is 14.4 Å². The number of nitrogens with zero attached hydrogens (tertiary/aromatic N) is 4. The van der Waals surface area contributed by atoms with Crippen LogP contribution in [0.15, 0.2) is 58.9 Å². The highest BCUT2D eigenvalue weighted by molar-refractivity contribution is 7.07. The number of non-ortho nitro benzene ring substituents is 1. The molecule has 1 saturated carbocycles. The average molecular weight is 439 g/mol. The number of rotatable bonds is 6. The number of aromatic nitrogens is 1. The van der Waals surface area contributed by atoms with Gasteiger partial charge >= 0.3 is 0 Å². The molecule has 1 aliphatic carbocycles. The number of thiazole rings is 1. The van der Waals surface area contributed by atoms with Crippen LogP contribution in [0.2, 0.25) is 0 Å². The molecule has 1 fully saturated rings. The lowest BCUT2D eigenvalue weighted by atomic mass is 9.89. The molecule has 9 heteroatoms. The largest absolute Gasteiger partial charge is 0.316 e. The molecule has 0 unspecified atom stereocenters. The fourth-order valence-corrected chi connectivity index (χ4v) is 4.96. The van der Waals surface area contributed by atoms with Crippen molar-refractivity contribution in [2.24, 2.45) is 10.9 Å². The fourth-order valence-electron chi connectivity index (χ4n) is 4.02. The van der Waals surface area contributed by atoms with E-state index >= 15 is 0 Å². The molecular formula is C22H22N4O4S. The Kier molecular flexibility index (Phi) is 6.22. The highest BCUT2D eigenvalue weighted by Gasteiger charge is 2.19. The minimum absolute atomic E-state index is 0.0306. The molecular weight excluding hydrogens is 416 g/mol. The lowest BCUT2D eigenvalue weighted by Gasteiger charge is -2.23. The molecule has 1 heterocycles. The summed E-state index contributed by atoms with van der Waals surface area (Å²) in [5, 5.41) is 24.4. The Balaban J connectivity index is 1.80. The Morgan fingerprint density at radius 2 is 1.68 bits per heavy atom. The molecule has 2 aromatic carbocycles. The van der Waals surface area contributed by atoms with Crippen LogP contribution in [0.1, 0.15) is 32.1 Å². The van der Waals surface area contributed by atoms with E-state index < -0.39 is 9.85 Å². The van der Waals surface area contributed by atoms with E-state index in [-0.39, 0.29) is 11.4 Å². The monoisotopic (exact) mass is 438 g/mol. The molecule has 4 rings (SSSR count). The van der Waals surface area contributed by atoms with Crippen LogP contribution in [0.5, 0.6) is 0 Å². The summed E-state index contributed by atoms with van der Waals surface area (Å²) >= 11 is 1.43. The summed E-state index contributed by atoms with van der Waals surface area (Å²) in [5.41, 5.74) is 2.12. The Bertz CT molecular complexity index is 1160. The van der Waals surface area contributed by atoms with Crippen LogP contribution in [0.3, 0.4) is 0 Å². The summed E-state index contributed by atoms with van der Waals surface area (Å²) in [6, 6.07) is 12.9. The van der Waals surface area contributed by atoms with Crippen molar-refractivity contribution in [2.45, 2.75) is 38.6 Å². The van der Waals surface area contributed by atoms with E-state index in [1.807, 2.05) is 5.38 Å². The number of benzene rings is 2. The van der Waals surface area contributed by atoms with Crippen LogP contribution >= 0.6 is 11.3 Å². The molecule has 1 aromatic heterocycles. The van der Waals surface area contributed by atoms with Gasteiger partial charge < -0.3 is 4.57 Å². The third-order valence-corrected chi connectivity index (χ3v) is 6.50. The molecule has 0 aliphatic heterocycles. The number of hydrogen-bond acceptors (Lipinski definition) is 6. The van der Waals surface area contributed by atoms with E-state index in [0.29, 0.717) is 16.4 Å². The molecule has 0 amide bonds. The van der Waals surface area contributed by atoms with Gasteiger partial charge in [0.15, 0.2) is 4.80 Å². The third-order valence-electron chi connectivity index (χ3n) is 5.63. The Morgan fingerprint density at radius 3 is 2.35 bits per heavy atom. The normalized spacial score (nSPS) is 15.2. The maximum absolute atomic E-state index is 11.4. The van der Waals surface area contributed by atoms with Gasteiger partial charge in [0.05, 0.1) is 15.5 Å². The summed E-state index contributed by atoms with van der Waals surface area (Å²) < 4.78 is 2.11. The molecule has 0 spiro atoms. The van der Waals surface area contributed by atoms with Crippen molar-refractivity contribution in [3.63, 3.8) is 0 Å². The van der Waals surface area contributed by atoms with Gasteiger partial charge in [-0.15, -0.1) is 11.3 Å². The van der Waals surface area contributed by atoms with Gasteiger partial charge in [-0.05, 0) is 42.5 Å². The topological polar surface area (TPSA) is 104 Å². The predicted molar refractivity (Wildman–Crippen MR) is 119 cm³/mol. The molecule has 1 aliphatic rings.